The van der Waals surface area contributed by atoms with Crippen LogP contribution in [0.2, 0.25) is 5.02 Å². The van der Waals surface area contributed by atoms with Crippen LogP contribution in [0.3, 0.4) is 0 Å². The molecule has 2 rings (SSSR count). The smallest absolute Gasteiger partial charge is 0.318 e. The zero-order chi connectivity index (χ0) is 14.0. The number of benzene rings is 1. The topological polar surface area (TPSA) is 74.7 Å². The van der Waals surface area contributed by atoms with Gasteiger partial charge in [0, 0.05) is 11.6 Å². The third-order valence-corrected chi connectivity index (χ3v) is 4.95. The molecule has 1 aliphatic carbocycles. The summed E-state index contributed by atoms with van der Waals surface area (Å²) in [6.45, 7) is -0.271. The number of hydrogen-bond acceptors (Lipinski definition) is 3. The second-order valence-electron chi connectivity index (χ2n) is 4.59. The van der Waals surface area contributed by atoms with Gasteiger partial charge in [-0.3, -0.25) is 4.79 Å². The van der Waals surface area contributed by atoms with Crippen molar-refractivity contribution in [3.8, 4) is 0 Å². The highest BCUT2D eigenvalue weighted by molar-refractivity contribution is 7.89. The van der Waals surface area contributed by atoms with E-state index in [-0.39, 0.29) is 17.4 Å². The molecule has 0 saturated heterocycles. The number of aliphatic carboxylic acids is 1. The molecule has 0 unspecified atom stereocenters. The Morgan fingerprint density at radius 3 is 2.63 bits per heavy atom. The summed E-state index contributed by atoms with van der Waals surface area (Å²) in [6.07, 6.45) is 1.89. The average Bonchev–Trinajstić information content (AvgIpc) is 3.11. The van der Waals surface area contributed by atoms with Gasteiger partial charge < -0.3 is 5.11 Å². The molecule has 1 aromatic carbocycles. The van der Waals surface area contributed by atoms with Gasteiger partial charge in [-0.05, 0) is 37.0 Å². The summed E-state index contributed by atoms with van der Waals surface area (Å²) in [4.78, 5) is 10.9. The Balaban J connectivity index is 2.29. The van der Waals surface area contributed by atoms with Crippen LogP contribution in [0.25, 0.3) is 0 Å². The van der Waals surface area contributed by atoms with Crippen molar-refractivity contribution in [2.24, 2.45) is 5.92 Å². The SMILES string of the molecule is O=C(O)CN(CC1CC1)S(=O)(=O)c1cccc(Cl)c1. The summed E-state index contributed by atoms with van der Waals surface area (Å²) in [7, 11) is -3.81. The van der Waals surface area contributed by atoms with Gasteiger partial charge in [-0.1, -0.05) is 17.7 Å². The minimum absolute atomic E-state index is 0.0295. The lowest BCUT2D eigenvalue weighted by atomic mass is 10.4. The van der Waals surface area contributed by atoms with Gasteiger partial charge in [-0.25, -0.2) is 8.42 Å². The molecule has 0 atom stereocenters. The molecule has 5 nitrogen and oxygen atoms in total. The van der Waals surface area contributed by atoms with Crippen molar-refractivity contribution in [3.63, 3.8) is 0 Å². The predicted octanol–water partition coefficient (Wildman–Crippen LogP) is 1.83. The highest BCUT2D eigenvalue weighted by Gasteiger charge is 2.33. The molecule has 104 valence electrons. The second kappa shape index (κ2) is 5.48. The Bertz CT molecular complexity index is 583. The van der Waals surface area contributed by atoms with Crippen LogP contribution in [0.15, 0.2) is 29.2 Å². The van der Waals surface area contributed by atoms with Gasteiger partial charge >= 0.3 is 5.97 Å². The van der Waals surface area contributed by atoms with E-state index < -0.39 is 22.5 Å². The molecule has 0 amide bonds. The first-order chi connectivity index (χ1) is 8.89. The maximum Gasteiger partial charge on any atom is 0.318 e. The number of rotatable bonds is 6. The fraction of sp³-hybridized carbons (Fsp3) is 0.417. The van der Waals surface area contributed by atoms with Crippen LogP contribution in [0, 0.1) is 5.92 Å². The molecule has 0 spiro atoms. The number of hydrogen-bond donors (Lipinski definition) is 1. The Morgan fingerprint density at radius 1 is 1.42 bits per heavy atom. The summed E-state index contributed by atoms with van der Waals surface area (Å²) in [6, 6.07) is 5.86. The molecule has 0 aliphatic heterocycles. The molecular weight excluding hydrogens is 290 g/mol. The average molecular weight is 304 g/mol. The molecule has 19 heavy (non-hydrogen) atoms. The zero-order valence-electron chi connectivity index (χ0n) is 10.1. The number of carbonyl (C=O) groups is 1. The van der Waals surface area contributed by atoms with Crippen LogP contribution in [0.5, 0.6) is 0 Å². The zero-order valence-corrected chi connectivity index (χ0v) is 11.7. The highest BCUT2D eigenvalue weighted by Crippen LogP contribution is 2.31. The lowest BCUT2D eigenvalue weighted by Crippen LogP contribution is -2.37. The third kappa shape index (κ3) is 3.68. The van der Waals surface area contributed by atoms with E-state index in [4.69, 9.17) is 16.7 Å². The minimum atomic E-state index is -3.81. The molecule has 0 radical (unpaired) electrons. The van der Waals surface area contributed by atoms with Crippen LogP contribution >= 0.6 is 11.6 Å². The van der Waals surface area contributed by atoms with Crippen molar-refractivity contribution >= 4 is 27.6 Å². The molecule has 1 saturated carbocycles. The third-order valence-electron chi connectivity index (χ3n) is 2.90. The first-order valence-electron chi connectivity index (χ1n) is 5.87. The maximum absolute atomic E-state index is 12.4. The Labute approximate surface area is 116 Å². The monoisotopic (exact) mass is 303 g/mol. The first kappa shape index (κ1) is 14.3. The number of sulfonamides is 1. The highest BCUT2D eigenvalue weighted by atomic mass is 35.5. The van der Waals surface area contributed by atoms with E-state index in [0.29, 0.717) is 5.02 Å². The van der Waals surface area contributed by atoms with Crippen molar-refractivity contribution in [2.75, 3.05) is 13.1 Å². The molecule has 7 heteroatoms. The van der Waals surface area contributed by atoms with Crippen molar-refractivity contribution in [2.45, 2.75) is 17.7 Å². The lowest BCUT2D eigenvalue weighted by Gasteiger charge is -2.20. The van der Waals surface area contributed by atoms with Gasteiger partial charge in [0.15, 0.2) is 0 Å². The van der Waals surface area contributed by atoms with Crippen molar-refractivity contribution in [3.05, 3.63) is 29.3 Å². The fourth-order valence-electron chi connectivity index (χ4n) is 1.76. The molecular formula is C12H14ClNO4S. The van der Waals surface area contributed by atoms with E-state index >= 15 is 0 Å². The molecule has 0 bridgehead atoms. The molecule has 1 aliphatic rings. The Hall–Kier alpha value is -1.11. The summed E-state index contributed by atoms with van der Waals surface area (Å²) >= 11 is 5.78. The Morgan fingerprint density at radius 2 is 2.11 bits per heavy atom. The van der Waals surface area contributed by atoms with Gasteiger partial charge in [0.1, 0.15) is 6.54 Å². The van der Waals surface area contributed by atoms with E-state index in [2.05, 4.69) is 0 Å². The molecule has 1 N–H and O–H groups in total. The normalized spacial score (nSPS) is 15.7. The van der Waals surface area contributed by atoms with Crippen LogP contribution in [-0.4, -0.2) is 36.9 Å². The van der Waals surface area contributed by atoms with Gasteiger partial charge in [0.05, 0.1) is 4.90 Å². The number of carboxylic acids is 1. The lowest BCUT2D eigenvalue weighted by molar-refractivity contribution is -0.137. The van der Waals surface area contributed by atoms with Crippen molar-refractivity contribution in [1.82, 2.24) is 4.31 Å². The van der Waals surface area contributed by atoms with E-state index in [9.17, 15) is 13.2 Å². The maximum atomic E-state index is 12.4. The van der Waals surface area contributed by atoms with E-state index in [1.165, 1.54) is 18.2 Å². The summed E-state index contributed by atoms with van der Waals surface area (Å²) < 4.78 is 25.8. The molecule has 1 fully saturated rings. The van der Waals surface area contributed by atoms with Crippen molar-refractivity contribution in [1.29, 1.82) is 0 Å². The van der Waals surface area contributed by atoms with Gasteiger partial charge in [-0.2, -0.15) is 4.31 Å². The first-order valence-corrected chi connectivity index (χ1v) is 7.69. The molecule has 1 aromatic rings. The number of halogens is 1. The van der Waals surface area contributed by atoms with Crippen LogP contribution in [-0.2, 0) is 14.8 Å². The van der Waals surface area contributed by atoms with Crippen LogP contribution in [0.4, 0.5) is 0 Å². The van der Waals surface area contributed by atoms with Gasteiger partial charge in [0.25, 0.3) is 0 Å². The van der Waals surface area contributed by atoms with Gasteiger partial charge in [-0.15, -0.1) is 0 Å². The molecule has 0 aromatic heterocycles. The van der Waals surface area contributed by atoms with E-state index in [1.54, 1.807) is 6.07 Å². The van der Waals surface area contributed by atoms with E-state index in [0.717, 1.165) is 17.1 Å². The van der Waals surface area contributed by atoms with Crippen LogP contribution < -0.4 is 0 Å². The number of nitrogens with zero attached hydrogens (tertiary/aromatic N) is 1. The van der Waals surface area contributed by atoms with E-state index in [1.807, 2.05) is 0 Å². The minimum Gasteiger partial charge on any atom is -0.480 e. The standard InChI is InChI=1S/C12H14ClNO4S/c13-10-2-1-3-11(6-10)19(17,18)14(8-12(15)16)7-9-4-5-9/h1-3,6,9H,4-5,7-8H2,(H,15,16). The quantitative estimate of drug-likeness (QED) is 0.870. The molecule has 0 heterocycles. The largest absolute Gasteiger partial charge is 0.480 e. The fourth-order valence-corrected chi connectivity index (χ4v) is 3.53. The van der Waals surface area contributed by atoms with Crippen LogP contribution in [0.1, 0.15) is 12.8 Å². The predicted molar refractivity (Wildman–Crippen MR) is 70.6 cm³/mol. The second-order valence-corrected chi connectivity index (χ2v) is 6.97. The number of carboxylic acid groups (broad SMARTS) is 1. The Kier molecular flexibility index (Phi) is 4.13. The summed E-state index contributed by atoms with van der Waals surface area (Å²) in [5, 5.41) is 9.16. The summed E-state index contributed by atoms with van der Waals surface area (Å²) in [5.41, 5.74) is 0. The van der Waals surface area contributed by atoms with Gasteiger partial charge in [0.2, 0.25) is 10.0 Å². The summed E-state index contributed by atoms with van der Waals surface area (Å²) in [5.74, 6) is -0.889. The van der Waals surface area contributed by atoms with Crippen molar-refractivity contribution < 1.29 is 18.3 Å².